The van der Waals surface area contributed by atoms with Gasteiger partial charge in [0.05, 0.1) is 0 Å². The van der Waals surface area contributed by atoms with Crippen LogP contribution in [0.4, 0.5) is 0 Å². The first-order valence-electron chi connectivity index (χ1n) is 32.8. The maximum absolute atomic E-state index is 12.9. The number of esters is 3. The summed E-state index contributed by atoms with van der Waals surface area (Å²) in [6.07, 6.45) is 81.0. The SMILES string of the molecule is CC/C=C\C/C=C\C/C=C\C/C=C\C/C=C\CCCCCCCCCC(=O)OC(COC(=O)CCCCCCCCCCCC)COC(=O)CCCCCCCCCCCCCCCCCCCCCCCCCC. The minimum absolute atomic E-state index is 0.0743. The normalized spacial score (nSPS) is 12.4. The summed E-state index contributed by atoms with van der Waals surface area (Å²) in [4.78, 5) is 38.2. The molecule has 0 N–H and O–H groups in total. The lowest BCUT2D eigenvalue weighted by molar-refractivity contribution is -0.167. The molecule has 0 aromatic heterocycles. The molecule has 6 heteroatoms. The van der Waals surface area contributed by atoms with Crippen LogP contribution in [0.15, 0.2) is 60.8 Å². The van der Waals surface area contributed by atoms with Crippen LogP contribution in [0.1, 0.15) is 342 Å². The average Bonchev–Trinajstić information content (AvgIpc) is 3.41. The lowest BCUT2D eigenvalue weighted by atomic mass is 10.0. The molecule has 1 atom stereocenters. The Morgan fingerprint density at radius 2 is 0.520 bits per heavy atom. The van der Waals surface area contributed by atoms with E-state index in [9.17, 15) is 14.4 Å². The van der Waals surface area contributed by atoms with Gasteiger partial charge in [-0.1, -0.05) is 319 Å². The second-order valence-electron chi connectivity index (χ2n) is 22.0. The van der Waals surface area contributed by atoms with E-state index in [-0.39, 0.29) is 31.1 Å². The molecule has 0 aromatic carbocycles. The Bertz CT molecular complexity index is 1340. The first-order valence-corrected chi connectivity index (χ1v) is 32.8. The molecule has 0 saturated heterocycles. The fraction of sp³-hybridized carbons (Fsp3) is 0.812. The van der Waals surface area contributed by atoms with Gasteiger partial charge in [0.2, 0.25) is 0 Å². The van der Waals surface area contributed by atoms with Crippen molar-refractivity contribution in [1.29, 1.82) is 0 Å². The maximum Gasteiger partial charge on any atom is 0.306 e. The van der Waals surface area contributed by atoms with Crippen molar-refractivity contribution in [2.45, 2.75) is 348 Å². The molecule has 1 unspecified atom stereocenters. The third kappa shape index (κ3) is 61.8. The molecule has 0 bridgehead atoms. The lowest BCUT2D eigenvalue weighted by Gasteiger charge is -2.18. The Morgan fingerprint density at radius 3 is 0.813 bits per heavy atom. The molecule has 0 spiro atoms. The fourth-order valence-corrected chi connectivity index (χ4v) is 9.65. The van der Waals surface area contributed by atoms with E-state index in [2.05, 4.69) is 81.5 Å². The monoisotopic (exact) mass is 1050 g/mol. The van der Waals surface area contributed by atoms with E-state index in [4.69, 9.17) is 14.2 Å². The number of allylic oxidation sites excluding steroid dienone is 10. The number of hydrogen-bond acceptors (Lipinski definition) is 6. The maximum atomic E-state index is 12.9. The zero-order chi connectivity index (χ0) is 54.3. The molecule has 0 aliphatic heterocycles. The van der Waals surface area contributed by atoms with Crippen molar-refractivity contribution >= 4 is 17.9 Å². The van der Waals surface area contributed by atoms with E-state index in [0.29, 0.717) is 19.3 Å². The van der Waals surface area contributed by atoms with Crippen LogP contribution in [0, 0.1) is 0 Å². The molecule has 0 fully saturated rings. The molecular weight excluding hydrogens is 925 g/mol. The van der Waals surface area contributed by atoms with Crippen LogP contribution in [0.25, 0.3) is 0 Å². The van der Waals surface area contributed by atoms with Crippen molar-refractivity contribution in [3.05, 3.63) is 60.8 Å². The van der Waals surface area contributed by atoms with E-state index in [1.165, 1.54) is 205 Å². The van der Waals surface area contributed by atoms with Crippen LogP contribution in [0.5, 0.6) is 0 Å². The zero-order valence-corrected chi connectivity index (χ0v) is 50.1. The third-order valence-corrected chi connectivity index (χ3v) is 14.5. The van der Waals surface area contributed by atoms with Gasteiger partial charge in [-0.15, -0.1) is 0 Å². The highest BCUT2D eigenvalue weighted by molar-refractivity contribution is 5.71. The van der Waals surface area contributed by atoms with Gasteiger partial charge in [-0.3, -0.25) is 14.4 Å². The van der Waals surface area contributed by atoms with Gasteiger partial charge in [-0.25, -0.2) is 0 Å². The molecule has 6 nitrogen and oxygen atoms in total. The molecule has 0 heterocycles. The summed E-state index contributed by atoms with van der Waals surface area (Å²) < 4.78 is 16.9. The summed E-state index contributed by atoms with van der Waals surface area (Å²) in [5.74, 6) is -0.867. The Balaban J connectivity index is 4.23. The molecule has 0 aliphatic carbocycles. The van der Waals surface area contributed by atoms with Crippen molar-refractivity contribution in [1.82, 2.24) is 0 Å². The van der Waals surface area contributed by atoms with Gasteiger partial charge in [-0.2, -0.15) is 0 Å². The van der Waals surface area contributed by atoms with Crippen LogP contribution < -0.4 is 0 Å². The predicted molar refractivity (Wildman–Crippen MR) is 325 cm³/mol. The quantitative estimate of drug-likeness (QED) is 0.0261. The molecule has 0 rings (SSSR count). The van der Waals surface area contributed by atoms with Crippen molar-refractivity contribution < 1.29 is 28.6 Å². The van der Waals surface area contributed by atoms with Crippen LogP contribution >= 0.6 is 0 Å². The van der Waals surface area contributed by atoms with Crippen LogP contribution in [-0.4, -0.2) is 37.2 Å². The Kier molecular flexibility index (Phi) is 61.2. The number of hydrogen-bond donors (Lipinski definition) is 0. The summed E-state index contributed by atoms with van der Waals surface area (Å²) in [6, 6.07) is 0. The van der Waals surface area contributed by atoms with E-state index in [1.54, 1.807) is 0 Å². The number of unbranched alkanes of at least 4 members (excludes halogenated alkanes) is 39. The smallest absolute Gasteiger partial charge is 0.306 e. The molecule has 0 amide bonds. The van der Waals surface area contributed by atoms with Gasteiger partial charge in [0.1, 0.15) is 13.2 Å². The number of rotatable bonds is 60. The van der Waals surface area contributed by atoms with Crippen molar-refractivity contribution in [2.24, 2.45) is 0 Å². The standard InChI is InChI=1S/C69H124O6/c1-4-7-10-13-16-19-22-24-26-28-30-32-34-36-37-39-41-43-45-47-50-53-56-59-62-68(71)74-65-66(64-73-67(70)61-58-55-52-49-21-18-15-12-9-6-3)75-69(72)63-60-57-54-51-48-46-44-42-40-38-35-33-31-29-27-25-23-20-17-14-11-8-5-2/h8,11,17,20,25,27,31,33,38,40,66H,4-7,9-10,12-16,18-19,21-24,26,28-30,32,34-37,39,41-65H2,1-3H3/b11-8-,20-17-,27-25-,33-31-,40-38-. The van der Waals surface area contributed by atoms with E-state index in [1.807, 2.05) is 0 Å². The molecule has 75 heavy (non-hydrogen) atoms. The Hall–Kier alpha value is -2.89. The van der Waals surface area contributed by atoms with Gasteiger partial charge in [-0.05, 0) is 64.2 Å². The molecule has 436 valence electrons. The Labute approximate surface area is 466 Å². The van der Waals surface area contributed by atoms with Crippen LogP contribution in [0.2, 0.25) is 0 Å². The number of ether oxygens (including phenoxy) is 3. The summed E-state index contributed by atoms with van der Waals surface area (Å²) in [5, 5.41) is 0. The molecule has 0 aliphatic rings. The van der Waals surface area contributed by atoms with Crippen molar-refractivity contribution in [3.8, 4) is 0 Å². The van der Waals surface area contributed by atoms with Crippen LogP contribution in [0.3, 0.4) is 0 Å². The van der Waals surface area contributed by atoms with Crippen LogP contribution in [-0.2, 0) is 28.6 Å². The van der Waals surface area contributed by atoms with E-state index in [0.717, 1.165) is 96.3 Å². The molecule has 0 aromatic rings. The third-order valence-electron chi connectivity index (χ3n) is 14.5. The summed E-state index contributed by atoms with van der Waals surface area (Å²) in [7, 11) is 0. The van der Waals surface area contributed by atoms with Gasteiger partial charge < -0.3 is 14.2 Å². The second kappa shape index (κ2) is 63.6. The van der Waals surface area contributed by atoms with Gasteiger partial charge in [0.25, 0.3) is 0 Å². The highest BCUT2D eigenvalue weighted by Crippen LogP contribution is 2.18. The highest BCUT2D eigenvalue weighted by atomic mass is 16.6. The summed E-state index contributed by atoms with van der Waals surface area (Å²) >= 11 is 0. The van der Waals surface area contributed by atoms with E-state index >= 15 is 0 Å². The lowest BCUT2D eigenvalue weighted by Crippen LogP contribution is -2.30. The molecule has 0 saturated carbocycles. The Morgan fingerprint density at radius 1 is 0.280 bits per heavy atom. The summed E-state index contributed by atoms with van der Waals surface area (Å²) in [6.45, 7) is 6.56. The number of carbonyl (C=O) groups is 3. The summed E-state index contributed by atoms with van der Waals surface area (Å²) in [5.41, 5.74) is 0. The first kappa shape index (κ1) is 72.1. The minimum Gasteiger partial charge on any atom is -0.462 e. The number of carbonyl (C=O) groups excluding carboxylic acids is 3. The average molecular weight is 1050 g/mol. The predicted octanol–water partition coefficient (Wildman–Crippen LogP) is 22.3. The minimum atomic E-state index is -0.778. The van der Waals surface area contributed by atoms with E-state index < -0.39 is 6.10 Å². The fourth-order valence-electron chi connectivity index (χ4n) is 9.65. The largest absolute Gasteiger partial charge is 0.462 e. The second-order valence-corrected chi connectivity index (χ2v) is 22.0. The van der Waals surface area contributed by atoms with Crippen molar-refractivity contribution in [3.63, 3.8) is 0 Å². The van der Waals surface area contributed by atoms with Crippen molar-refractivity contribution in [2.75, 3.05) is 13.2 Å². The van der Waals surface area contributed by atoms with Gasteiger partial charge in [0.15, 0.2) is 6.10 Å². The highest BCUT2D eigenvalue weighted by Gasteiger charge is 2.19. The molecule has 0 radical (unpaired) electrons. The molecular formula is C69H124O6. The van der Waals surface area contributed by atoms with Gasteiger partial charge in [0, 0.05) is 19.3 Å². The van der Waals surface area contributed by atoms with Gasteiger partial charge >= 0.3 is 17.9 Å². The topological polar surface area (TPSA) is 78.9 Å². The zero-order valence-electron chi connectivity index (χ0n) is 50.1. The first-order chi connectivity index (χ1) is 37.0.